The van der Waals surface area contributed by atoms with Crippen molar-refractivity contribution >= 4 is 34.4 Å². The van der Waals surface area contributed by atoms with E-state index in [0.717, 1.165) is 27.1 Å². The Hall–Kier alpha value is -3.72. The third-order valence-corrected chi connectivity index (χ3v) is 7.22. The van der Waals surface area contributed by atoms with Crippen molar-refractivity contribution in [3.63, 3.8) is 0 Å². The van der Waals surface area contributed by atoms with Gasteiger partial charge in [-0.05, 0) is 41.5 Å². The number of aryl methyl sites for hydroxylation is 1. The number of fused-ring (bicyclic) bond motifs is 3. The number of amides is 2. The second-order valence-corrected chi connectivity index (χ2v) is 9.63. The first kappa shape index (κ1) is 22.1. The lowest BCUT2D eigenvalue weighted by Gasteiger charge is -2.14. The van der Waals surface area contributed by atoms with Gasteiger partial charge in [0.1, 0.15) is 12.1 Å². The normalized spacial score (nSPS) is 15.2. The fourth-order valence-corrected chi connectivity index (χ4v) is 5.08. The van der Waals surface area contributed by atoms with Crippen molar-refractivity contribution in [1.29, 1.82) is 0 Å². The minimum atomic E-state index is -1.08. The van der Waals surface area contributed by atoms with Crippen molar-refractivity contribution in [2.24, 2.45) is 0 Å². The average Bonchev–Trinajstić information content (AvgIpc) is 3.37. The van der Waals surface area contributed by atoms with Crippen LogP contribution >= 0.6 is 11.3 Å². The fourth-order valence-electron chi connectivity index (χ4n) is 4.29. The van der Waals surface area contributed by atoms with Crippen molar-refractivity contribution < 1.29 is 24.2 Å². The van der Waals surface area contributed by atoms with Crippen LogP contribution in [0.3, 0.4) is 0 Å². The zero-order chi connectivity index (χ0) is 23.7. The molecule has 0 unspecified atom stereocenters. The highest BCUT2D eigenvalue weighted by Gasteiger charge is 2.51. The predicted octanol–water partition coefficient (Wildman–Crippen LogP) is 4.17. The molecule has 1 saturated carbocycles. The van der Waals surface area contributed by atoms with Crippen LogP contribution in [0.5, 0.6) is 0 Å². The number of ether oxygens (including phenoxy) is 1. The van der Waals surface area contributed by atoms with Gasteiger partial charge in [0.15, 0.2) is 5.13 Å². The number of aliphatic carboxylic acids is 1. The molecule has 5 rings (SSSR count). The minimum absolute atomic E-state index is 0.0240. The largest absolute Gasteiger partial charge is 0.480 e. The van der Waals surface area contributed by atoms with Crippen LogP contribution in [-0.2, 0) is 20.7 Å². The van der Waals surface area contributed by atoms with Gasteiger partial charge in [0.05, 0.1) is 0 Å². The standard InChI is InChI=1S/C25H23N3O5S/c29-21(28-25(11-12-25)22(30)31)10-9-15-13-26-23(34-15)27-24(32)33-14-20-18-7-3-1-5-16(18)17-6-2-4-8-19(17)20/h1-8,13,20H,9-12,14H2,(H,28,29)(H,30,31)(H,26,27,32). The molecular formula is C25H23N3O5S. The summed E-state index contributed by atoms with van der Waals surface area (Å²) in [5.41, 5.74) is 3.53. The van der Waals surface area contributed by atoms with Gasteiger partial charge in [0.25, 0.3) is 0 Å². The molecule has 3 N–H and O–H groups in total. The molecule has 1 fully saturated rings. The molecule has 3 aromatic rings. The summed E-state index contributed by atoms with van der Waals surface area (Å²) in [6.45, 7) is 0.212. The van der Waals surface area contributed by atoms with Gasteiger partial charge < -0.3 is 15.2 Å². The lowest BCUT2D eigenvalue weighted by molar-refractivity contribution is -0.143. The molecule has 8 nitrogen and oxygen atoms in total. The van der Waals surface area contributed by atoms with Crippen LogP contribution in [0.15, 0.2) is 54.7 Å². The van der Waals surface area contributed by atoms with Crippen molar-refractivity contribution in [2.75, 3.05) is 11.9 Å². The van der Waals surface area contributed by atoms with Crippen LogP contribution in [0.1, 0.15) is 41.2 Å². The van der Waals surface area contributed by atoms with Crippen LogP contribution in [0.25, 0.3) is 11.1 Å². The number of carbonyl (C=O) groups is 3. The molecule has 2 aromatic carbocycles. The Balaban J connectivity index is 1.13. The molecule has 0 spiro atoms. The third kappa shape index (κ3) is 4.38. The number of rotatable bonds is 8. The SMILES string of the molecule is O=C(CCc1cnc(NC(=O)OCC2c3ccccc3-c3ccccc32)s1)NC1(C(=O)O)CC1. The summed E-state index contributed by atoms with van der Waals surface area (Å²) in [5.74, 6) is -1.32. The predicted molar refractivity (Wildman–Crippen MR) is 127 cm³/mol. The highest BCUT2D eigenvalue weighted by molar-refractivity contribution is 7.15. The Morgan fingerprint density at radius 2 is 1.71 bits per heavy atom. The number of hydrogen-bond donors (Lipinski definition) is 3. The molecule has 0 aliphatic heterocycles. The molecule has 9 heteroatoms. The Bertz CT molecular complexity index is 1220. The van der Waals surface area contributed by atoms with E-state index in [9.17, 15) is 14.4 Å². The maximum absolute atomic E-state index is 12.4. The summed E-state index contributed by atoms with van der Waals surface area (Å²) in [4.78, 5) is 40.7. The molecule has 1 aromatic heterocycles. The van der Waals surface area contributed by atoms with Crippen molar-refractivity contribution in [3.05, 3.63) is 70.7 Å². The number of carbonyl (C=O) groups excluding carboxylic acids is 2. The van der Waals surface area contributed by atoms with Crippen molar-refractivity contribution in [3.8, 4) is 11.1 Å². The van der Waals surface area contributed by atoms with E-state index in [1.807, 2.05) is 24.3 Å². The van der Waals surface area contributed by atoms with Crippen LogP contribution in [0.2, 0.25) is 0 Å². The number of carboxylic acid groups (broad SMARTS) is 1. The van der Waals surface area contributed by atoms with Gasteiger partial charge in [0, 0.05) is 23.4 Å². The molecule has 0 bridgehead atoms. The number of nitrogens with one attached hydrogen (secondary N) is 2. The summed E-state index contributed by atoms with van der Waals surface area (Å²) in [6, 6.07) is 16.3. The summed E-state index contributed by atoms with van der Waals surface area (Å²) in [5, 5.41) is 14.8. The molecule has 34 heavy (non-hydrogen) atoms. The van der Waals surface area contributed by atoms with Gasteiger partial charge in [-0.15, -0.1) is 11.3 Å². The van der Waals surface area contributed by atoms with E-state index in [-0.39, 0.29) is 24.9 Å². The first-order chi connectivity index (χ1) is 16.4. The van der Waals surface area contributed by atoms with Crippen LogP contribution < -0.4 is 10.6 Å². The molecule has 2 aliphatic rings. The molecule has 2 amide bonds. The van der Waals surface area contributed by atoms with E-state index in [1.165, 1.54) is 11.3 Å². The van der Waals surface area contributed by atoms with Crippen molar-refractivity contribution in [1.82, 2.24) is 10.3 Å². The number of thiazole rings is 1. The Labute approximate surface area is 200 Å². The lowest BCUT2D eigenvalue weighted by Crippen LogP contribution is -2.43. The summed E-state index contributed by atoms with van der Waals surface area (Å²) < 4.78 is 5.53. The maximum Gasteiger partial charge on any atom is 0.413 e. The highest BCUT2D eigenvalue weighted by atomic mass is 32.1. The van der Waals surface area contributed by atoms with Gasteiger partial charge >= 0.3 is 12.1 Å². The number of hydrogen-bond acceptors (Lipinski definition) is 6. The summed E-state index contributed by atoms with van der Waals surface area (Å²) >= 11 is 1.26. The van der Waals surface area contributed by atoms with Gasteiger partial charge in [-0.1, -0.05) is 48.5 Å². The van der Waals surface area contributed by atoms with E-state index < -0.39 is 17.6 Å². The molecule has 1 heterocycles. The highest BCUT2D eigenvalue weighted by Crippen LogP contribution is 2.44. The number of nitrogens with zero attached hydrogens (tertiary/aromatic N) is 1. The van der Waals surface area contributed by atoms with E-state index in [1.54, 1.807) is 6.20 Å². The van der Waals surface area contributed by atoms with Crippen LogP contribution in [0, 0.1) is 0 Å². The van der Waals surface area contributed by atoms with Gasteiger partial charge in [-0.25, -0.2) is 14.6 Å². The van der Waals surface area contributed by atoms with E-state index >= 15 is 0 Å². The zero-order valence-corrected chi connectivity index (χ0v) is 19.1. The monoisotopic (exact) mass is 477 g/mol. The quantitative estimate of drug-likeness (QED) is 0.448. The number of anilines is 1. The Kier molecular flexibility index (Phi) is 5.79. The smallest absolute Gasteiger partial charge is 0.413 e. The Morgan fingerprint density at radius 3 is 2.32 bits per heavy atom. The lowest BCUT2D eigenvalue weighted by atomic mass is 9.98. The molecule has 0 radical (unpaired) electrons. The second kappa shape index (κ2) is 8.90. The van der Waals surface area contributed by atoms with E-state index in [0.29, 0.717) is 24.4 Å². The molecule has 0 atom stereocenters. The van der Waals surface area contributed by atoms with Crippen LogP contribution in [-0.4, -0.2) is 40.2 Å². The fraction of sp³-hybridized carbons (Fsp3) is 0.280. The molecule has 0 saturated heterocycles. The Morgan fingerprint density at radius 1 is 1.06 bits per heavy atom. The summed E-state index contributed by atoms with van der Waals surface area (Å²) in [6.07, 6.45) is 2.50. The first-order valence-electron chi connectivity index (χ1n) is 11.1. The van der Waals surface area contributed by atoms with Gasteiger partial charge in [-0.2, -0.15) is 0 Å². The average molecular weight is 478 g/mol. The molecule has 174 valence electrons. The molecule has 2 aliphatic carbocycles. The third-order valence-electron chi connectivity index (χ3n) is 6.24. The minimum Gasteiger partial charge on any atom is -0.480 e. The number of benzene rings is 2. The maximum atomic E-state index is 12.4. The van der Waals surface area contributed by atoms with Gasteiger partial charge in [0.2, 0.25) is 5.91 Å². The number of aromatic nitrogens is 1. The van der Waals surface area contributed by atoms with E-state index in [2.05, 4.69) is 39.9 Å². The first-order valence-corrected chi connectivity index (χ1v) is 11.9. The number of carboxylic acids is 1. The van der Waals surface area contributed by atoms with Gasteiger partial charge in [-0.3, -0.25) is 10.1 Å². The topological polar surface area (TPSA) is 118 Å². The summed E-state index contributed by atoms with van der Waals surface area (Å²) in [7, 11) is 0. The van der Waals surface area contributed by atoms with E-state index in [4.69, 9.17) is 9.84 Å². The zero-order valence-electron chi connectivity index (χ0n) is 18.2. The van der Waals surface area contributed by atoms with Crippen molar-refractivity contribution in [2.45, 2.75) is 37.1 Å². The second-order valence-electron chi connectivity index (χ2n) is 8.52. The van der Waals surface area contributed by atoms with Crippen LogP contribution in [0.4, 0.5) is 9.93 Å². The molecular weight excluding hydrogens is 454 g/mol.